The lowest BCUT2D eigenvalue weighted by molar-refractivity contribution is 0.295. The molecule has 0 bridgehead atoms. The number of ether oxygens (including phenoxy) is 2. The number of allylic oxidation sites excluding steroid dienone is 1. The third-order valence-corrected chi connectivity index (χ3v) is 6.71. The monoisotopic (exact) mass is 492 g/mol. The van der Waals surface area contributed by atoms with Gasteiger partial charge in [-0.05, 0) is 42.2 Å². The number of nitrogens with zero attached hydrogens (tertiary/aromatic N) is 2. The first kappa shape index (κ1) is 25.1. The fourth-order valence-electron chi connectivity index (χ4n) is 3.87. The van der Waals surface area contributed by atoms with Crippen LogP contribution in [-0.4, -0.2) is 24.5 Å². The van der Waals surface area contributed by atoms with Crippen LogP contribution in [0.15, 0.2) is 103 Å². The van der Waals surface area contributed by atoms with Gasteiger partial charge in [0.1, 0.15) is 11.1 Å². The number of benzene rings is 3. The van der Waals surface area contributed by atoms with Gasteiger partial charge in [-0.25, -0.2) is 4.98 Å². The van der Waals surface area contributed by atoms with Gasteiger partial charge in [0.2, 0.25) is 0 Å². The van der Waals surface area contributed by atoms with Crippen molar-refractivity contribution in [2.75, 3.05) is 19.5 Å². The van der Waals surface area contributed by atoms with E-state index in [2.05, 4.69) is 12.6 Å². The van der Waals surface area contributed by atoms with Gasteiger partial charge in [0.25, 0.3) is 0 Å². The van der Waals surface area contributed by atoms with Crippen molar-refractivity contribution in [3.05, 3.63) is 109 Å². The summed E-state index contributed by atoms with van der Waals surface area (Å²) in [7, 11) is 1.65. The second-order valence-electron chi connectivity index (χ2n) is 8.11. The zero-order valence-corrected chi connectivity index (χ0v) is 21.1. The Labute approximate surface area is 217 Å². The predicted octanol–water partition coefficient (Wildman–Crippen LogP) is 7.59. The molecule has 5 heteroatoms. The molecule has 0 saturated heterocycles. The molecule has 4 nitrogen and oxygen atoms in total. The number of nitriles is 1. The average Bonchev–Trinajstić information content (AvgIpc) is 2.94. The number of hydrogen-bond acceptors (Lipinski definition) is 5. The van der Waals surface area contributed by atoms with Crippen LogP contribution in [0.5, 0.6) is 11.5 Å². The van der Waals surface area contributed by atoms with Gasteiger partial charge in [0.15, 0.2) is 11.5 Å². The van der Waals surface area contributed by atoms with Crippen molar-refractivity contribution in [3.8, 4) is 40.0 Å². The molecule has 3 aromatic carbocycles. The molecule has 0 unspecified atom stereocenters. The number of rotatable bonds is 11. The SMILES string of the molecule is C=CCc1ccc(OCCCSc2nc(-c3ccccc3)cc(-c3ccccc3)c2C#N)c(OC)c1. The summed E-state index contributed by atoms with van der Waals surface area (Å²) in [6.07, 6.45) is 3.45. The second kappa shape index (κ2) is 12.6. The van der Waals surface area contributed by atoms with Crippen LogP contribution in [0.3, 0.4) is 0 Å². The molecule has 4 rings (SSSR count). The van der Waals surface area contributed by atoms with Gasteiger partial charge in [-0.3, -0.25) is 0 Å². The summed E-state index contributed by atoms with van der Waals surface area (Å²) in [5.74, 6) is 2.22. The summed E-state index contributed by atoms with van der Waals surface area (Å²) in [5, 5.41) is 10.8. The Hall–Kier alpha value is -4.01. The fraction of sp³-hybridized carbons (Fsp3) is 0.161. The number of thioether (sulfide) groups is 1. The molecule has 4 aromatic rings. The maximum absolute atomic E-state index is 10.0. The van der Waals surface area contributed by atoms with Crippen molar-refractivity contribution in [1.82, 2.24) is 4.98 Å². The van der Waals surface area contributed by atoms with Crippen LogP contribution in [0.1, 0.15) is 17.5 Å². The van der Waals surface area contributed by atoms with Crippen molar-refractivity contribution < 1.29 is 9.47 Å². The van der Waals surface area contributed by atoms with Crippen molar-refractivity contribution in [2.24, 2.45) is 0 Å². The molecule has 36 heavy (non-hydrogen) atoms. The summed E-state index contributed by atoms with van der Waals surface area (Å²) >= 11 is 1.59. The lowest BCUT2D eigenvalue weighted by Gasteiger charge is -2.13. The summed E-state index contributed by atoms with van der Waals surface area (Å²) in [6, 6.07) is 30.4. The molecule has 0 N–H and O–H groups in total. The molecule has 0 spiro atoms. The zero-order chi connectivity index (χ0) is 25.2. The van der Waals surface area contributed by atoms with E-state index < -0.39 is 0 Å². The quantitative estimate of drug-likeness (QED) is 0.123. The van der Waals surface area contributed by atoms with Gasteiger partial charge in [-0.2, -0.15) is 5.26 Å². The van der Waals surface area contributed by atoms with E-state index in [1.54, 1.807) is 18.9 Å². The minimum atomic E-state index is 0.538. The Kier molecular flexibility index (Phi) is 8.80. The van der Waals surface area contributed by atoms with E-state index in [-0.39, 0.29) is 0 Å². The molecular weight excluding hydrogens is 464 g/mol. The Morgan fingerprint density at radius 3 is 2.33 bits per heavy atom. The first-order valence-electron chi connectivity index (χ1n) is 11.8. The van der Waals surface area contributed by atoms with E-state index in [9.17, 15) is 5.26 Å². The van der Waals surface area contributed by atoms with E-state index in [0.717, 1.165) is 63.1 Å². The minimum Gasteiger partial charge on any atom is -0.493 e. The molecule has 0 saturated carbocycles. The van der Waals surface area contributed by atoms with Crippen LogP contribution in [0, 0.1) is 11.3 Å². The largest absolute Gasteiger partial charge is 0.493 e. The number of pyridine rings is 1. The molecule has 1 heterocycles. The van der Waals surface area contributed by atoms with Crippen molar-refractivity contribution in [2.45, 2.75) is 17.9 Å². The van der Waals surface area contributed by atoms with Crippen LogP contribution in [0.4, 0.5) is 0 Å². The van der Waals surface area contributed by atoms with Gasteiger partial charge < -0.3 is 9.47 Å². The maximum atomic E-state index is 10.0. The summed E-state index contributed by atoms with van der Waals surface area (Å²) in [5.41, 5.74) is 5.52. The lowest BCUT2D eigenvalue weighted by Crippen LogP contribution is -2.02. The van der Waals surface area contributed by atoms with Crippen molar-refractivity contribution >= 4 is 11.8 Å². The first-order valence-corrected chi connectivity index (χ1v) is 12.8. The van der Waals surface area contributed by atoms with Crippen LogP contribution in [0.25, 0.3) is 22.4 Å². The number of methoxy groups -OCH3 is 1. The van der Waals surface area contributed by atoms with Gasteiger partial charge in [-0.1, -0.05) is 72.8 Å². The molecule has 0 aliphatic carbocycles. The number of aromatic nitrogens is 1. The molecule has 1 aromatic heterocycles. The van der Waals surface area contributed by atoms with Crippen molar-refractivity contribution in [3.63, 3.8) is 0 Å². The van der Waals surface area contributed by atoms with E-state index in [1.165, 1.54) is 0 Å². The van der Waals surface area contributed by atoms with E-state index in [4.69, 9.17) is 14.5 Å². The molecule has 0 atom stereocenters. The Bertz CT molecular complexity index is 1350. The van der Waals surface area contributed by atoms with Gasteiger partial charge in [0, 0.05) is 16.9 Å². The van der Waals surface area contributed by atoms with Crippen molar-refractivity contribution in [1.29, 1.82) is 5.26 Å². The fourth-order valence-corrected chi connectivity index (χ4v) is 4.79. The first-order chi connectivity index (χ1) is 17.7. The standard InChI is InChI=1S/C31H28N2O2S/c1-3-11-23-16-17-29(30(20-23)34-2)35-18-10-19-36-31-27(22-32)26(24-12-6-4-7-13-24)21-28(33-31)25-14-8-5-9-15-25/h3-9,12-17,20-21H,1,10-11,18-19H2,2H3. The van der Waals surface area contributed by atoms with Crippen LogP contribution >= 0.6 is 11.8 Å². The highest BCUT2D eigenvalue weighted by Gasteiger charge is 2.16. The Morgan fingerprint density at radius 1 is 0.944 bits per heavy atom. The zero-order valence-electron chi connectivity index (χ0n) is 20.3. The molecule has 0 fully saturated rings. The number of hydrogen-bond donors (Lipinski definition) is 0. The second-order valence-corrected chi connectivity index (χ2v) is 9.19. The molecular formula is C31H28N2O2S. The third-order valence-electron chi connectivity index (χ3n) is 5.65. The maximum Gasteiger partial charge on any atom is 0.161 e. The highest BCUT2D eigenvalue weighted by atomic mass is 32.2. The highest BCUT2D eigenvalue weighted by molar-refractivity contribution is 7.99. The molecule has 180 valence electrons. The third kappa shape index (κ3) is 6.16. The normalized spacial score (nSPS) is 10.4. The highest BCUT2D eigenvalue weighted by Crippen LogP contribution is 2.34. The van der Waals surface area contributed by atoms with Crippen LogP contribution in [-0.2, 0) is 6.42 Å². The van der Waals surface area contributed by atoms with E-state index in [1.807, 2.05) is 91.0 Å². The van der Waals surface area contributed by atoms with Gasteiger partial charge in [0.05, 0.1) is 25.0 Å². The Balaban J connectivity index is 1.50. The topological polar surface area (TPSA) is 55.1 Å². The summed E-state index contributed by atoms with van der Waals surface area (Å²) in [4.78, 5) is 4.88. The minimum absolute atomic E-state index is 0.538. The average molecular weight is 493 g/mol. The van der Waals surface area contributed by atoms with E-state index in [0.29, 0.717) is 12.2 Å². The van der Waals surface area contributed by atoms with Crippen LogP contribution in [0.2, 0.25) is 0 Å². The molecule has 0 amide bonds. The molecule has 0 aliphatic heterocycles. The van der Waals surface area contributed by atoms with Gasteiger partial charge in [-0.15, -0.1) is 18.3 Å². The summed E-state index contributed by atoms with van der Waals surface area (Å²) in [6.45, 7) is 4.32. The smallest absolute Gasteiger partial charge is 0.161 e. The lowest BCUT2D eigenvalue weighted by atomic mass is 9.99. The molecule has 0 radical (unpaired) electrons. The molecule has 0 aliphatic rings. The van der Waals surface area contributed by atoms with Crippen LogP contribution < -0.4 is 9.47 Å². The summed E-state index contributed by atoms with van der Waals surface area (Å²) < 4.78 is 11.5. The van der Waals surface area contributed by atoms with Gasteiger partial charge >= 0.3 is 0 Å². The predicted molar refractivity (Wildman–Crippen MR) is 148 cm³/mol. The Morgan fingerprint density at radius 2 is 1.67 bits per heavy atom. The van der Waals surface area contributed by atoms with E-state index >= 15 is 0 Å².